The lowest BCUT2D eigenvalue weighted by atomic mass is 10.3. The molecule has 0 bridgehead atoms. The van der Waals surface area contributed by atoms with Crippen LogP contribution in [-0.2, 0) is 10.0 Å². The Balaban J connectivity index is 2.46. The van der Waals surface area contributed by atoms with Crippen molar-refractivity contribution in [2.45, 2.75) is 4.90 Å². The van der Waals surface area contributed by atoms with Gasteiger partial charge in [-0.2, -0.15) is 0 Å². The monoisotopic (exact) mass is 308 g/mol. The predicted octanol–water partition coefficient (Wildman–Crippen LogP) is 1.81. The molecule has 6 nitrogen and oxygen atoms in total. The van der Waals surface area contributed by atoms with Crippen LogP contribution in [0.3, 0.4) is 0 Å². The number of phenolic OH excluding ortho intramolecular Hbond substituents is 1. The molecule has 0 unspecified atom stereocenters. The van der Waals surface area contributed by atoms with Gasteiger partial charge in [0.15, 0.2) is 0 Å². The fourth-order valence-corrected chi connectivity index (χ4v) is 3.04. The third kappa shape index (κ3) is 2.87. The smallest absolute Gasteiger partial charge is 0.264 e. The summed E-state index contributed by atoms with van der Waals surface area (Å²) in [6.07, 6.45) is 0. The first kappa shape index (κ1) is 15.0. The lowest BCUT2D eigenvalue weighted by Gasteiger charge is -2.20. The molecule has 7 heteroatoms. The van der Waals surface area contributed by atoms with Crippen LogP contribution in [-0.4, -0.2) is 27.7 Å². The number of hydrogen-bond donors (Lipinski definition) is 2. The molecule has 2 rings (SSSR count). The Morgan fingerprint density at radius 2 is 1.90 bits per heavy atom. The fraction of sp³-hybridized carbons (Fsp3) is 0.143. The molecule has 0 saturated heterocycles. The van der Waals surface area contributed by atoms with Crippen LogP contribution in [0.15, 0.2) is 47.4 Å². The van der Waals surface area contributed by atoms with Crippen molar-refractivity contribution in [3.05, 3.63) is 42.5 Å². The van der Waals surface area contributed by atoms with Crippen LogP contribution in [0.1, 0.15) is 0 Å². The van der Waals surface area contributed by atoms with E-state index < -0.39 is 10.0 Å². The lowest BCUT2D eigenvalue weighted by Crippen LogP contribution is -2.26. The van der Waals surface area contributed by atoms with Gasteiger partial charge in [0.2, 0.25) is 0 Å². The van der Waals surface area contributed by atoms with Crippen LogP contribution >= 0.6 is 0 Å². The number of rotatable bonds is 4. The van der Waals surface area contributed by atoms with Crippen molar-refractivity contribution < 1.29 is 18.3 Å². The van der Waals surface area contributed by atoms with Crippen LogP contribution in [0.5, 0.6) is 11.5 Å². The highest BCUT2D eigenvalue weighted by molar-refractivity contribution is 7.92. The standard InChI is InChI=1S/C14H16N2O4S/c1-16(10-4-3-5-11(17)8-10)21(18,19)12-6-7-13(15)14(9-12)20-2/h3-9,17H,15H2,1-2H3. The first-order valence-electron chi connectivity index (χ1n) is 6.07. The van der Waals surface area contributed by atoms with Crippen molar-refractivity contribution in [2.75, 3.05) is 24.2 Å². The van der Waals surface area contributed by atoms with Crippen molar-refractivity contribution in [1.82, 2.24) is 0 Å². The number of methoxy groups -OCH3 is 1. The van der Waals surface area contributed by atoms with E-state index in [4.69, 9.17) is 10.5 Å². The molecule has 0 aliphatic heterocycles. The summed E-state index contributed by atoms with van der Waals surface area (Å²) in [5.41, 5.74) is 6.39. The third-order valence-electron chi connectivity index (χ3n) is 3.06. The molecule has 0 aliphatic rings. The first-order valence-corrected chi connectivity index (χ1v) is 7.51. The number of hydrogen-bond acceptors (Lipinski definition) is 5. The SMILES string of the molecule is COc1cc(S(=O)(=O)N(C)c2cccc(O)c2)ccc1N. The van der Waals surface area contributed by atoms with E-state index in [-0.39, 0.29) is 10.6 Å². The number of nitrogens with two attached hydrogens (primary N) is 1. The van der Waals surface area contributed by atoms with Crippen molar-refractivity contribution in [1.29, 1.82) is 0 Å². The van der Waals surface area contributed by atoms with Crippen LogP contribution in [0.2, 0.25) is 0 Å². The molecular formula is C14H16N2O4S. The highest BCUT2D eigenvalue weighted by Gasteiger charge is 2.22. The summed E-state index contributed by atoms with van der Waals surface area (Å²) in [5, 5.41) is 9.46. The van der Waals surface area contributed by atoms with Crippen molar-refractivity contribution >= 4 is 21.4 Å². The second kappa shape index (κ2) is 5.53. The molecule has 0 spiro atoms. The third-order valence-corrected chi connectivity index (χ3v) is 4.84. The van der Waals surface area contributed by atoms with E-state index in [1.807, 2.05) is 0 Å². The maximum Gasteiger partial charge on any atom is 0.264 e. The minimum absolute atomic E-state index is 0.00978. The Morgan fingerprint density at radius 3 is 2.52 bits per heavy atom. The number of ether oxygens (including phenoxy) is 1. The van der Waals surface area contributed by atoms with Gasteiger partial charge < -0.3 is 15.6 Å². The van der Waals surface area contributed by atoms with Gasteiger partial charge >= 0.3 is 0 Å². The quantitative estimate of drug-likeness (QED) is 0.840. The van der Waals surface area contributed by atoms with Gasteiger partial charge in [-0.3, -0.25) is 4.31 Å². The minimum Gasteiger partial charge on any atom is -0.508 e. The molecule has 2 aromatic rings. The van der Waals surface area contributed by atoms with E-state index in [0.717, 1.165) is 4.31 Å². The Morgan fingerprint density at radius 1 is 1.19 bits per heavy atom. The summed E-state index contributed by atoms with van der Waals surface area (Å²) in [4.78, 5) is 0.0550. The maximum atomic E-state index is 12.6. The van der Waals surface area contributed by atoms with E-state index in [2.05, 4.69) is 0 Å². The Kier molecular flexibility index (Phi) is 3.95. The Labute approximate surface area is 123 Å². The number of benzene rings is 2. The molecule has 112 valence electrons. The largest absolute Gasteiger partial charge is 0.508 e. The minimum atomic E-state index is -3.77. The average Bonchev–Trinajstić information content (AvgIpc) is 2.46. The summed E-state index contributed by atoms with van der Waals surface area (Å²) < 4.78 is 31.3. The van der Waals surface area contributed by atoms with Crippen molar-refractivity contribution in [2.24, 2.45) is 0 Å². The van der Waals surface area contributed by atoms with Gasteiger partial charge in [0.1, 0.15) is 11.5 Å². The molecule has 0 radical (unpaired) electrons. The zero-order valence-corrected chi connectivity index (χ0v) is 12.5. The summed E-state index contributed by atoms with van der Waals surface area (Å²) >= 11 is 0. The molecule has 3 N–H and O–H groups in total. The number of anilines is 2. The van der Waals surface area contributed by atoms with Gasteiger partial charge in [-0.1, -0.05) is 6.07 Å². The van der Waals surface area contributed by atoms with Crippen LogP contribution in [0.25, 0.3) is 0 Å². The number of phenols is 1. The zero-order chi connectivity index (χ0) is 15.6. The maximum absolute atomic E-state index is 12.6. The van der Waals surface area contributed by atoms with Gasteiger partial charge in [0.05, 0.1) is 23.4 Å². The molecule has 0 atom stereocenters. The second-order valence-electron chi connectivity index (χ2n) is 4.40. The molecule has 21 heavy (non-hydrogen) atoms. The van der Waals surface area contributed by atoms with Crippen LogP contribution in [0.4, 0.5) is 11.4 Å². The van der Waals surface area contributed by atoms with Gasteiger partial charge in [0.25, 0.3) is 10.0 Å². The number of sulfonamides is 1. The number of aromatic hydroxyl groups is 1. The van der Waals surface area contributed by atoms with Gasteiger partial charge in [-0.15, -0.1) is 0 Å². The van der Waals surface area contributed by atoms with Crippen LogP contribution in [0, 0.1) is 0 Å². The number of nitrogens with zero attached hydrogens (tertiary/aromatic N) is 1. The zero-order valence-electron chi connectivity index (χ0n) is 11.6. The van der Waals surface area contributed by atoms with E-state index in [1.54, 1.807) is 12.1 Å². The van der Waals surface area contributed by atoms with Crippen molar-refractivity contribution in [3.63, 3.8) is 0 Å². The summed E-state index contributed by atoms with van der Waals surface area (Å²) in [7, 11) is -0.944. The molecule has 0 aliphatic carbocycles. The summed E-state index contributed by atoms with van der Waals surface area (Å²) in [5.74, 6) is 0.282. The van der Waals surface area contributed by atoms with Gasteiger partial charge in [-0.05, 0) is 24.3 Å². The van der Waals surface area contributed by atoms with E-state index in [9.17, 15) is 13.5 Å². The Bertz CT molecular complexity index is 759. The summed E-state index contributed by atoms with van der Waals surface area (Å²) in [6, 6.07) is 10.2. The predicted molar refractivity (Wildman–Crippen MR) is 81.1 cm³/mol. The van der Waals surface area contributed by atoms with Crippen LogP contribution < -0.4 is 14.8 Å². The molecule has 0 fully saturated rings. The normalized spacial score (nSPS) is 11.1. The van der Waals surface area contributed by atoms with Gasteiger partial charge in [-0.25, -0.2) is 8.42 Å². The molecule has 0 amide bonds. The van der Waals surface area contributed by atoms with Crippen molar-refractivity contribution in [3.8, 4) is 11.5 Å². The highest BCUT2D eigenvalue weighted by Crippen LogP contribution is 2.29. The molecule has 0 heterocycles. The topological polar surface area (TPSA) is 92.9 Å². The first-order chi connectivity index (χ1) is 9.86. The van der Waals surface area contributed by atoms with E-state index >= 15 is 0 Å². The van der Waals surface area contributed by atoms with E-state index in [1.165, 1.54) is 44.5 Å². The molecule has 0 aromatic heterocycles. The van der Waals surface area contributed by atoms with Gasteiger partial charge in [0, 0.05) is 19.2 Å². The molecule has 0 saturated carbocycles. The van der Waals surface area contributed by atoms with E-state index in [0.29, 0.717) is 17.1 Å². The molecular weight excluding hydrogens is 292 g/mol. The highest BCUT2D eigenvalue weighted by atomic mass is 32.2. The second-order valence-corrected chi connectivity index (χ2v) is 6.37. The number of nitrogen functional groups attached to an aromatic ring is 1. The lowest BCUT2D eigenvalue weighted by molar-refractivity contribution is 0.415. The average molecular weight is 308 g/mol. The Hall–Kier alpha value is -2.41. The fourth-order valence-electron chi connectivity index (χ4n) is 1.84. The molecule has 2 aromatic carbocycles. The summed E-state index contributed by atoms with van der Waals surface area (Å²) in [6.45, 7) is 0.